The summed E-state index contributed by atoms with van der Waals surface area (Å²) in [6, 6.07) is 11.3. The number of carbonyl (C=O) groups is 2. The van der Waals surface area contributed by atoms with Crippen molar-refractivity contribution in [2.45, 2.75) is 25.4 Å². The largest absolute Gasteiger partial charge is 0.494 e. The SMILES string of the molecule is COc1cc([N+](=O)[O-])ccc1NC(=O)CN1CC(C(=O)N2CCCCC2)Oc2ccccc21. The van der Waals surface area contributed by atoms with Crippen molar-refractivity contribution >= 4 is 28.9 Å². The number of nitro benzene ring substituents is 1. The quantitative estimate of drug-likeness (QED) is 0.527. The summed E-state index contributed by atoms with van der Waals surface area (Å²) in [5.74, 6) is 0.340. The number of likely N-dealkylation sites (tertiary alicyclic amines) is 1. The Morgan fingerprint density at radius 2 is 1.94 bits per heavy atom. The highest BCUT2D eigenvalue weighted by Crippen LogP contribution is 2.34. The maximum absolute atomic E-state index is 13.1. The van der Waals surface area contributed by atoms with Crippen LogP contribution in [0, 0.1) is 10.1 Å². The molecule has 1 saturated heterocycles. The molecule has 1 unspecified atom stereocenters. The number of amides is 2. The summed E-state index contributed by atoms with van der Waals surface area (Å²) in [5, 5.41) is 13.7. The zero-order valence-corrected chi connectivity index (χ0v) is 18.4. The molecule has 2 aromatic rings. The van der Waals surface area contributed by atoms with Crippen LogP contribution in [-0.4, -0.2) is 61.0 Å². The van der Waals surface area contributed by atoms with E-state index < -0.39 is 11.0 Å². The number of benzene rings is 2. The van der Waals surface area contributed by atoms with Crippen molar-refractivity contribution in [3.05, 3.63) is 52.6 Å². The second-order valence-corrected chi connectivity index (χ2v) is 8.03. The van der Waals surface area contributed by atoms with Gasteiger partial charge in [-0.2, -0.15) is 0 Å². The van der Waals surface area contributed by atoms with Crippen LogP contribution < -0.4 is 19.7 Å². The Kier molecular flexibility index (Phi) is 6.62. The van der Waals surface area contributed by atoms with Crippen molar-refractivity contribution in [1.82, 2.24) is 4.90 Å². The number of nitrogens with zero attached hydrogens (tertiary/aromatic N) is 3. The highest BCUT2D eigenvalue weighted by molar-refractivity contribution is 5.96. The number of rotatable bonds is 6. The van der Waals surface area contributed by atoms with E-state index in [4.69, 9.17) is 9.47 Å². The van der Waals surface area contributed by atoms with E-state index in [1.54, 1.807) is 6.07 Å². The van der Waals surface area contributed by atoms with E-state index in [1.165, 1.54) is 25.3 Å². The van der Waals surface area contributed by atoms with Crippen molar-refractivity contribution in [2.24, 2.45) is 0 Å². The summed E-state index contributed by atoms with van der Waals surface area (Å²) in [6.07, 6.45) is 2.40. The van der Waals surface area contributed by atoms with Gasteiger partial charge >= 0.3 is 0 Å². The van der Waals surface area contributed by atoms with E-state index >= 15 is 0 Å². The molecule has 0 bridgehead atoms. The van der Waals surface area contributed by atoms with E-state index in [9.17, 15) is 19.7 Å². The lowest BCUT2D eigenvalue weighted by atomic mass is 10.1. The van der Waals surface area contributed by atoms with Crippen molar-refractivity contribution in [1.29, 1.82) is 0 Å². The minimum absolute atomic E-state index is 0.0235. The van der Waals surface area contributed by atoms with Gasteiger partial charge in [-0.05, 0) is 37.5 Å². The van der Waals surface area contributed by atoms with E-state index in [0.717, 1.165) is 38.0 Å². The topological polar surface area (TPSA) is 114 Å². The summed E-state index contributed by atoms with van der Waals surface area (Å²) in [6.45, 7) is 1.67. The predicted octanol–water partition coefficient (Wildman–Crippen LogP) is 2.82. The van der Waals surface area contributed by atoms with Gasteiger partial charge in [-0.15, -0.1) is 0 Å². The molecule has 0 spiro atoms. The number of nitrogens with one attached hydrogen (secondary N) is 1. The molecule has 4 rings (SSSR count). The molecule has 1 atom stereocenters. The molecule has 2 amide bonds. The van der Waals surface area contributed by atoms with Gasteiger partial charge in [-0.1, -0.05) is 12.1 Å². The maximum Gasteiger partial charge on any atom is 0.273 e. The molecule has 0 saturated carbocycles. The molecule has 0 aliphatic carbocycles. The number of fused-ring (bicyclic) bond motifs is 1. The lowest BCUT2D eigenvalue weighted by Gasteiger charge is -2.38. The lowest BCUT2D eigenvalue weighted by molar-refractivity contribution is -0.384. The molecular weight excluding hydrogens is 428 g/mol. The number of carbonyl (C=O) groups excluding carboxylic acids is 2. The minimum atomic E-state index is -0.695. The fraction of sp³-hybridized carbons (Fsp3) is 0.391. The third kappa shape index (κ3) is 5.00. The Bertz CT molecular complexity index is 1050. The first kappa shape index (κ1) is 22.4. The second kappa shape index (κ2) is 9.76. The number of hydrogen-bond acceptors (Lipinski definition) is 7. The van der Waals surface area contributed by atoms with Crippen LogP contribution in [-0.2, 0) is 9.59 Å². The van der Waals surface area contributed by atoms with Crippen LogP contribution >= 0.6 is 0 Å². The molecule has 33 heavy (non-hydrogen) atoms. The highest BCUT2D eigenvalue weighted by Gasteiger charge is 2.34. The zero-order chi connectivity index (χ0) is 23.4. The summed E-state index contributed by atoms with van der Waals surface area (Å²) in [7, 11) is 1.38. The second-order valence-electron chi connectivity index (χ2n) is 8.03. The Morgan fingerprint density at radius 3 is 2.67 bits per heavy atom. The van der Waals surface area contributed by atoms with Gasteiger partial charge in [0.25, 0.3) is 11.6 Å². The summed E-state index contributed by atoms with van der Waals surface area (Å²) < 4.78 is 11.2. The molecule has 2 aromatic carbocycles. The number of nitro groups is 1. The number of methoxy groups -OCH3 is 1. The number of non-ortho nitro benzene ring substituents is 1. The Balaban J connectivity index is 1.49. The van der Waals surface area contributed by atoms with Crippen LogP contribution in [0.25, 0.3) is 0 Å². The van der Waals surface area contributed by atoms with Gasteiger partial charge in [0.1, 0.15) is 11.5 Å². The van der Waals surface area contributed by atoms with Gasteiger partial charge in [-0.25, -0.2) is 0 Å². The first-order valence-corrected chi connectivity index (χ1v) is 10.9. The highest BCUT2D eigenvalue weighted by atomic mass is 16.6. The number of anilines is 2. The molecule has 0 radical (unpaired) electrons. The van der Waals surface area contributed by atoms with Crippen LogP contribution in [0.3, 0.4) is 0 Å². The van der Waals surface area contributed by atoms with Crippen LogP contribution in [0.15, 0.2) is 42.5 Å². The summed E-state index contributed by atoms with van der Waals surface area (Å²) in [5.41, 5.74) is 0.924. The van der Waals surface area contributed by atoms with E-state index in [2.05, 4.69) is 5.32 Å². The monoisotopic (exact) mass is 454 g/mol. The fourth-order valence-electron chi connectivity index (χ4n) is 4.16. The average molecular weight is 454 g/mol. The molecule has 10 nitrogen and oxygen atoms in total. The van der Waals surface area contributed by atoms with Crippen LogP contribution in [0.5, 0.6) is 11.5 Å². The molecule has 2 aliphatic rings. The zero-order valence-electron chi connectivity index (χ0n) is 18.4. The average Bonchev–Trinajstić information content (AvgIpc) is 2.84. The number of para-hydroxylation sites is 2. The molecule has 1 fully saturated rings. The number of piperidine rings is 1. The van der Waals surface area contributed by atoms with E-state index in [-0.39, 0.29) is 36.3 Å². The van der Waals surface area contributed by atoms with Crippen molar-refractivity contribution in [3.8, 4) is 11.5 Å². The van der Waals surface area contributed by atoms with Crippen LogP contribution in [0.4, 0.5) is 17.1 Å². The van der Waals surface area contributed by atoms with Crippen molar-refractivity contribution in [2.75, 3.05) is 43.5 Å². The van der Waals surface area contributed by atoms with Crippen molar-refractivity contribution < 1.29 is 24.0 Å². The van der Waals surface area contributed by atoms with Gasteiger partial charge in [0.05, 0.1) is 42.6 Å². The smallest absolute Gasteiger partial charge is 0.273 e. The number of ether oxygens (including phenoxy) is 2. The molecule has 10 heteroatoms. The third-order valence-electron chi connectivity index (χ3n) is 5.81. The first-order chi connectivity index (χ1) is 16.0. The first-order valence-electron chi connectivity index (χ1n) is 10.9. The molecule has 1 N–H and O–H groups in total. The van der Waals surface area contributed by atoms with Crippen LogP contribution in [0.2, 0.25) is 0 Å². The Morgan fingerprint density at radius 1 is 1.18 bits per heavy atom. The summed E-state index contributed by atoms with van der Waals surface area (Å²) in [4.78, 5) is 40.1. The van der Waals surface area contributed by atoms with E-state index in [1.807, 2.05) is 28.0 Å². The molecule has 2 heterocycles. The van der Waals surface area contributed by atoms with Gasteiger partial charge in [0, 0.05) is 19.2 Å². The standard InChI is InChI=1S/C23H26N4O6/c1-32-20-13-16(27(30)31)9-10-17(20)24-22(28)15-26-14-21(23(29)25-11-5-2-6-12-25)33-19-8-4-3-7-18(19)26/h3-4,7-10,13,21H,2,5-6,11-12,14-15H2,1H3,(H,24,28). The Hall–Kier alpha value is -3.82. The van der Waals surface area contributed by atoms with Crippen LogP contribution in [0.1, 0.15) is 19.3 Å². The molecule has 0 aromatic heterocycles. The van der Waals surface area contributed by atoms with E-state index in [0.29, 0.717) is 11.4 Å². The predicted molar refractivity (Wildman–Crippen MR) is 122 cm³/mol. The normalized spacial score (nSPS) is 17.5. The maximum atomic E-state index is 13.1. The number of hydrogen-bond donors (Lipinski definition) is 1. The van der Waals surface area contributed by atoms with Gasteiger partial charge in [0.2, 0.25) is 5.91 Å². The lowest BCUT2D eigenvalue weighted by Crippen LogP contribution is -2.52. The Labute approximate surface area is 191 Å². The third-order valence-corrected chi connectivity index (χ3v) is 5.81. The molecular formula is C23H26N4O6. The van der Waals surface area contributed by atoms with Gasteiger partial charge in [0.15, 0.2) is 6.10 Å². The fourth-order valence-corrected chi connectivity index (χ4v) is 4.16. The molecule has 174 valence electrons. The summed E-state index contributed by atoms with van der Waals surface area (Å²) >= 11 is 0. The van der Waals surface area contributed by atoms with Gasteiger partial charge < -0.3 is 24.6 Å². The van der Waals surface area contributed by atoms with Crippen molar-refractivity contribution in [3.63, 3.8) is 0 Å². The minimum Gasteiger partial charge on any atom is -0.494 e. The molecule has 2 aliphatic heterocycles. The van der Waals surface area contributed by atoms with Gasteiger partial charge in [-0.3, -0.25) is 19.7 Å².